The number of aromatic nitrogens is 1. The summed E-state index contributed by atoms with van der Waals surface area (Å²) in [4.78, 5) is 7.03. The van der Waals surface area contributed by atoms with Gasteiger partial charge in [0, 0.05) is 23.7 Å². The molecule has 1 unspecified atom stereocenters. The summed E-state index contributed by atoms with van der Waals surface area (Å²) < 4.78 is 1.18. The number of hydrogen-bond donors (Lipinski definition) is 1. The lowest BCUT2D eigenvalue weighted by atomic mass is 10.3. The van der Waals surface area contributed by atoms with E-state index in [0.29, 0.717) is 6.04 Å². The minimum Gasteiger partial charge on any atom is -0.360 e. The first-order valence-corrected chi connectivity index (χ1v) is 7.85. The van der Waals surface area contributed by atoms with Crippen LogP contribution >= 0.6 is 22.9 Å². The number of nitrogens with one attached hydrogen (secondary N) is 1. The molecule has 0 spiro atoms. The van der Waals surface area contributed by atoms with E-state index in [0.717, 1.165) is 28.3 Å². The van der Waals surface area contributed by atoms with Crippen LogP contribution in [0.1, 0.15) is 19.8 Å². The zero-order valence-electron chi connectivity index (χ0n) is 11.2. The SMILES string of the molecule is CC(CNc1nc2cc(Cl)ccc2s1)N(C)C1CC1. The van der Waals surface area contributed by atoms with Gasteiger partial charge in [0.2, 0.25) is 0 Å². The van der Waals surface area contributed by atoms with Crippen LogP contribution in [-0.2, 0) is 0 Å². The summed E-state index contributed by atoms with van der Waals surface area (Å²) in [6, 6.07) is 7.18. The van der Waals surface area contributed by atoms with Crippen LogP contribution in [0.5, 0.6) is 0 Å². The maximum atomic E-state index is 5.98. The molecule has 1 aromatic carbocycles. The van der Waals surface area contributed by atoms with Gasteiger partial charge in [0.15, 0.2) is 5.13 Å². The van der Waals surface area contributed by atoms with Crippen LogP contribution < -0.4 is 5.32 Å². The number of rotatable bonds is 5. The molecule has 1 fully saturated rings. The molecule has 0 aliphatic heterocycles. The van der Waals surface area contributed by atoms with Crippen LogP contribution in [0, 0.1) is 0 Å². The lowest BCUT2D eigenvalue weighted by Crippen LogP contribution is -2.36. The monoisotopic (exact) mass is 295 g/mol. The zero-order valence-corrected chi connectivity index (χ0v) is 12.8. The van der Waals surface area contributed by atoms with Crippen LogP contribution in [0.15, 0.2) is 18.2 Å². The van der Waals surface area contributed by atoms with Crippen molar-refractivity contribution in [2.45, 2.75) is 31.8 Å². The van der Waals surface area contributed by atoms with Gasteiger partial charge >= 0.3 is 0 Å². The maximum absolute atomic E-state index is 5.98. The average Bonchev–Trinajstić information content (AvgIpc) is 3.16. The van der Waals surface area contributed by atoms with Gasteiger partial charge in [-0.25, -0.2) is 4.98 Å². The molecule has 0 saturated heterocycles. The summed E-state index contributed by atoms with van der Waals surface area (Å²) in [5, 5.41) is 5.16. The highest BCUT2D eigenvalue weighted by Gasteiger charge is 2.28. The van der Waals surface area contributed by atoms with Gasteiger partial charge in [-0.2, -0.15) is 0 Å². The van der Waals surface area contributed by atoms with Crippen molar-refractivity contribution in [3.63, 3.8) is 0 Å². The van der Waals surface area contributed by atoms with Crippen molar-refractivity contribution in [1.29, 1.82) is 0 Å². The summed E-state index contributed by atoms with van der Waals surface area (Å²) in [5.41, 5.74) is 0.975. The number of hydrogen-bond acceptors (Lipinski definition) is 4. The van der Waals surface area contributed by atoms with E-state index in [-0.39, 0.29) is 0 Å². The molecule has 1 saturated carbocycles. The Morgan fingerprint density at radius 2 is 2.32 bits per heavy atom. The smallest absolute Gasteiger partial charge is 0.183 e. The highest BCUT2D eigenvalue weighted by molar-refractivity contribution is 7.22. The maximum Gasteiger partial charge on any atom is 0.183 e. The van der Waals surface area contributed by atoms with E-state index in [1.54, 1.807) is 11.3 Å². The number of anilines is 1. The molecular formula is C14H18ClN3S. The zero-order chi connectivity index (χ0) is 13.4. The molecule has 102 valence electrons. The summed E-state index contributed by atoms with van der Waals surface area (Å²) in [6.45, 7) is 3.19. The number of thiazole rings is 1. The molecule has 1 aromatic heterocycles. The van der Waals surface area contributed by atoms with E-state index < -0.39 is 0 Å². The molecule has 0 amide bonds. The standard InChI is InChI=1S/C14H18ClN3S/c1-9(18(2)11-4-5-11)8-16-14-17-12-7-10(15)3-6-13(12)19-14/h3,6-7,9,11H,4-5,8H2,1-2H3,(H,16,17). The Morgan fingerprint density at radius 1 is 1.53 bits per heavy atom. The first-order valence-electron chi connectivity index (χ1n) is 6.65. The Kier molecular flexibility index (Phi) is 3.65. The third-order valence-corrected chi connectivity index (χ3v) is 4.95. The van der Waals surface area contributed by atoms with Crippen molar-refractivity contribution in [1.82, 2.24) is 9.88 Å². The van der Waals surface area contributed by atoms with Gasteiger partial charge in [-0.15, -0.1) is 0 Å². The van der Waals surface area contributed by atoms with Crippen molar-refractivity contribution in [2.24, 2.45) is 0 Å². The third-order valence-electron chi connectivity index (χ3n) is 3.72. The summed E-state index contributed by atoms with van der Waals surface area (Å²) >= 11 is 7.66. The lowest BCUT2D eigenvalue weighted by molar-refractivity contribution is 0.257. The van der Waals surface area contributed by atoms with E-state index in [1.165, 1.54) is 17.5 Å². The van der Waals surface area contributed by atoms with Crippen LogP contribution in [0.25, 0.3) is 10.2 Å². The second kappa shape index (κ2) is 5.27. The van der Waals surface area contributed by atoms with Gasteiger partial charge in [-0.05, 0) is 45.0 Å². The van der Waals surface area contributed by atoms with E-state index in [1.807, 2.05) is 18.2 Å². The van der Waals surface area contributed by atoms with E-state index >= 15 is 0 Å². The molecule has 1 atom stereocenters. The molecule has 5 heteroatoms. The Bertz CT molecular complexity index is 579. The molecule has 3 rings (SSSR count). The molecule has 1 aliphatic carbocycles. The molecule has 0 bridgehead atoms. The van der Waals surface area contributed by atoms with Gasteiger partial charge in [-0.1, -0.05) is 22.9 Å². The fourth-order valence-corrected chi connectivity index (χ4v) is 3.22. The van der Waals surface area contributed by atoms with Gasteiger partial charge in [0.25, 0.3) is 0 Å². The molecule has 1 aliphatic rings. The minimum absolute atomic E-state index is 0.531. The fraction of sp³-hybridized carbons (Fsp3) is 0.500. The van der Waals surface area contributed by atoms with Crippen molar-refractivity contribution in [3.8, 4) is 0 Å². The summed E-state index contributed by atoms with van der Waals surface area (Å²) in [7, 11) is 2.21. The van der Waals surface area contributed by atoms with Crippen LogP contribution in [-0.4, -0.2) is 35.6 Å². The van der Waals surface area contributed by atoms with Crippen LogP contribution in [0.2, 0.25) is 5.02 Å². The number of benzene rings is 1. The largest absolute Gasteiger partial charge is 0.360 e. The predicted octanol–water partition coefficient (Wildman–Crippen LogP) is 3.84. The molecule has 1 N–H and O–H groups in total. The molecule has 3 nitrogen and oxygen atoms in total. The topological polar surface area (TPSA) is 28.2 Å². The first-order chi connectivity index (χ1) is 9.13. The second-order valence-corrected chi connectivity index (χ2v) is 6.72. The van der Waals surface area contributed by atoms with E-state index in [4.69, 9.17) is 11.6 Å². The molecule has 1 heterocycles. The lowest BCUT2D eigenvalue weighted by Gasteiger charge is -2.24. The van der Waals surface area contributed by atoms with Gasteiger partial charge in [-0.3, -0.25) is 4.90 Å². The molecule has 19 heavy (non-hydrogen) atoms. The highest BCUT2D eigenvalue weighted by atomic mass is 35.5. The Balaban J connectivity index is 1.64. The third kappa shape index (κ3) is 3.02. The number of fused-ring (bicyclic) bond motifs is 1. The van der Waals surface area contributed by atoms with Gasteiger partial charge in [0.1, 0.15) is 0 Å². The van der Waals surface area contributed by atoms with Crippen molar-refractivity contribution in [3.05, 3.63) is 23.2 Å². The Hall–Kier alpha value is -0.840. The molecule has 0 radical (unpaired) electrons. The quantitative estimate of drug-likeness (QED) is 0.908. The van der Waals surface area contributed by atoms with Crippen molar-refractivity contribution in [2.75, 3.05) is 18.9 Å². The number of likely N-dealkylation sites (N-methyl/N-ethyl adjacent to an activating group) is 1. The van der Waals surface area contributed by atoms with Crippen LogP contribution in [0.4, 0.5) is 5.13 Å². The molecular weight excluding hydrogens is 278 g/mol. The molecule has 2 aromatic rings. The van der Waals surface area contributed by atoms with Crippen molar-refractivity contribution < 1.29 is 0 Å². The minimum atomic E-state index is 0.531. The van der Waals surface area contributed by atoms with E-state index in [9.17, 15) is 0 Å². The first kappa shape index (κ1) is 13.2. The summed E-state index contributed by atoms with van der Waals surface area (Å²) in [6.07, 6.45) is 2.70. The van der Waals surface area contributed by atoms with Crippen LogP contribution in [0.3, 0.4) is 0 Å². The normalized spacial score (nSPS) is 17.1. The van der Waals surface area contributed by atoms with Crippen molar-refractivity contribution >= 4 is 38.3 Å². The van der Waals surface area contributed by atoms with Gasteiger partial charge < -0.3 is 5.32 Å². The Morgan fingerprint density at radius 3 is 3.05 bits per heavy atom. The second-order valence-electron chi connectivity index (χ2n) is 5.26. The van der Waals surface area contributed by atoms with Gasteiger partial charge in [0.05, 0.1) is 10.2 Å². The summed E-state index contributed by atoms with van der Waals surface area (Å²) in [5.74, 6) is 0. The number of nitrogens with zero attached hydrogens (tertiary/aromatic N) is 2. The average molecular weight is 296 g/mol. The fourth-order valence-electron chi connectivity index (χ4n) is 2.20. The predicted molar refractivity (Wildman–Crippen MR) is 83.4 cm³/mol. The number of halogens is 1. The van der Waals surface area contributed by atoms with E-state index in [2.05, 4.69) is 29.2 Å². The Labute approximate surface area is 122 Å². The highest BCUT2D eigenvalue weighted by Crippen LogP contribution is 2.29.